The zero-order chi connectivity index (χ0) is 24.4. The quantitative estimate of drug-likeness (QED) is 0.146. The van der Waals surface area contributed by atoms with Gasteiger partial charge in [-0.2, -0.15) is 16.8 Å². The maximum absolute atomic E-state index is 9.89. The molecule has 0 spiro atoms. The second-order valence-electron chi connectivity index (χ2n) is 6.02. The van der Waals surface area contributed by atoms with Crippen LogP contribution in [0.3, 0.4) is 0 Å². The van der Waals surface area contributed by atoms with E-state index in [4.69, 9.17) is 31.4 Å². The Morgan fingerprint density at radius 3 is 1.55 bits per heavy atom. The highest BCUT2D eigenvalue weighted by Crippen LogP contribution is 2.21. The summed E-state index contributed by atoms with van der Waals surface area (Å²) < 4.78 is 51.7. The summed E-state index contributed by atoms with van der Waals surface area (Å²) in [5, 5.41) is 24.5. The molecule has 0 amide bonds. The third-order valence-corrected chi connectivity index (χ3v) is 3.02. The largest absolute Gasteiger partial charge is 0.507 e. The van der Waals surface area contributed by atoms with E-state index in [-0.39, 0.29) is 17.4 Å². The summed E-state index contributed by atoms with van der Waals surface area (Å²) in [6.45, 7) is 0. The smallest absolute Gasteiger partial charge is 0.261 e. The number of aromatic hydroxyl groups is 1. The van der Waals surface area contributed by atoms with Crippen LogP contribution < -0.4 is 11.5 Å². The van der Waals surface area contributed by atoms with Crippen molar-refractivity contribution in [3.05, 3.63) is 64.7 Å². The minimum Gasteiger partial charge on any atom is -0.507 e. The van der Waals surface area contributed by atoms with Crippen LogP contribution in [0.25, 0.3) is 12.2 Å². The highest BCUT2D eigenvalue weighted by atomic mass is 32.2. The molecule has 0 heterocycles. The van der Waals surface area contributed by atoms with Gasteiger partial charge in [-0.1, -0.05) is 48.6 Å². The van der Waals surface area contributed by atoms with Gasteiger partial charge < -0.3 is 16.6 Å². The molecule has 0 bridgehead atoms. The number of hydrogen-bond acceptors (Lipinski definition) is 7. The van der Waals surface area contributed by atoms with Gasteiger partial charge in [-0.25, -0.2) is 0 Å². The van der Waals surface area contributed by atoms with Gasteiger partial charge in [0, 0.05) is 16.7 Å². The average molecular weight is 473 g/mol. The van der Waals surface area contributed by atoms with Gasteiger partial charge in [-0.05, 0) is 11.6 Å². The lowest BCUT2D eigenvalue weighted by Crippen LogP contribution is -2.10. The summed E-state index contributed by atoms with van der Waals surface area (Å²) in [6, 6.07) is 12.1. The highest BCUT2D eigenvalue weighted by Gasteiger charge is 2.02. The molecule has 11 nitrogen and oxygen atoms in total. The maximum atomic E-state index is 9.89. The first-order valence-corrected chi connectivity index (χ1v) is 11.8. The van der Waals surface area contributed by atoms with Crippen LogP contribution in [0.5, 0.6) is 5.75 Å². The van der Waals surface area contributed by atoms with Crippen molar-refractivity contribution < 1.29 is 31.0 Å². The molecule has 0 aliphatic rings. The number of rotatable bonds is 4. The Kier molecular flexibility index (Phi) is 10.6. The van der Waals surface area contributed by atoms with E-state index in [1.807, 2.05) is 18.2 Å². The molecule has 0 radical (unpaired) electrons. The first kappa shape index (κ1) is 27.7. The number of phenolic OH excluding ortho intramolecular Hbond substituents is 1. The van der Waals surface area contributed by atoms with Crippen LogP contribution in [-0.4, -0.2) is 55.2 Å². The lowest BCUT2D eigenvalue weighted by atomic mass is 10.1. The van der Waals surface area contributed by atoms with Gasteiger partial charge in [0.15, 0.2) is 0 Å². The summed E-state index contributed by atoms with van der Waals surface area (Å²) in [4.78, 5) is 0. The van der Waals surface area contributed by atoms with E-state index < -0.39 is 20.2 Å². The average Bonchev–Trinajstić information content (AvgIpc) is 2.58. The standard InChI is InChI=1S/C16H16N4O.2CH4O3S/c17-15(18)12-5-2-10(3-6-12)1-4-11-7-8-13(16(19)20)9-14(11)21;2*1-5(2,3)4/h1-9,21H,(H3,17,18)(H3,19,20);2*1H3,(H,2,3,4)/b4-1-;;. The molecule has 170 valence electrons. The predicted molar refractivity (Wildman–Crippen MR) is 120 cm³/mol. The number of phenols is 1. The van der Waals surface area contributed by atoms with E-state index in [0.717, 1.165) is 5.56 Å². The molecule has 0 unspecified atom stereocenters. The molecule has 2 aromatic rings. The zero-order valence-electron chi connectivity index (χ0n) is 16.6. The van der Waals surface area contributed by atoms with Gasteiger partial charge in [0.2, 0.25) is 0 Å². The van der Waals surface area contributed by atoms with Crippen LogP contribution in [0.2, 0.25) is 0 Å². The lowest BCUT2D eigenvalue weighted by molar-refractivity contribution is 0.474. The molecule has 0 aromatic heterocycles. The van der Waals surface area contributed by atoms with Crippen molar-refractivity contribution in [2.24, 2.45) is 11.5 Å². The molecule has 0 aliphatic carbocycles. The van der Waals surface area contributed by atoms with E-state index in [2.05, 4.69) is 0 Å². The molecular formula is C18H24N4O7S2. The van der Waals surface area contributed by atoms with Gasteiger partial charge in [0.1, 0.15) is 17.4 Å². The lowest BCUT2D eigenvalue weighted by Gasteiger charge is -2.03. The van der Waals surface area contributed by atoms with E-state index in [1.54, 1.807) is 30.3 Å². The molecular weight excluding hydrogens is 448 g/mol. The molecule has 2 aromatic carbocycles. The Labute approximate surface area is 180 Å². The van der Waals surface area contributed by atoms with Gasteiger partial charge in [-0.15, -0.1) is 0 Å². The molecule has 2 rings (SSSR count). The fraction of sp³-hybridized carbons (Fsp3) is 0.111. The van der Waals surface area contributed by atoms with Crippen LogP contribution in [0.15, 0.2) is 42.5 Å². The van der Waals surface area contributed by atoms with Crippen molar-refractivity contribution in [3.63, 3.8) is 0 Å². The third kappa shape index (κ3) is 15.3. The van der Waals surface area contributed by atoms with Crippen LogP contribution >= 0.6 is 0 Å². The molecule has 0 aliphatic heterocycles. The summed E-state index contributed by atoms with van der Waals surface area (Å²) >= 11 is 0. The zero-order valence-corrected chi connectivity index (χ0v) is 18.3. The van der Waals surface area contributed by atoms with E-state index >= 15 is 0 Å². The monoisotopic (exact) mass is 472 g/mol. The Morgan fingerprint density at radius 1 is 0.806 bits per heavy atom. The minimum absolute atomic E-state index is 0.0306. The number of amidine groups is 2. The van der Waals surface area contributed by atoms with Crippen LogP contribution in [0, 0.1) is 10.8 Å². The molecule has 31 heavy (non-hydrogen) atoms. The summed E-state index contributed by atoms with van der Waals surface area (Å²) in [5.74, 6) is 0.0166. The number of nitrogens with two attached hydrogens (primary N) is 2. The van der Waals surface area contributed by atoms with Gasteiger partial charge >= 0.3 is 0 Å². The number of hydrogen-bond donors (Lipinski definition) is 7. The second-order valence-corrected chi connectivity index (χ2v) is 8.95. The number of nitrogen functional groups attached to an aromatic ring is 2. The van der Waals surface area contributed by atoms with Crippen LogP contribution in [0.1, 0.15) is 22.3 Å². The first-order valence-electron chi connectivity index (χ1n) is 8.12. The Hall–Kier alpha value is -3.26. The third-order valence-electron chi connectivity index (χ3n) is 3.02. The van der Waals surface area contributed by atoms with E-state index in [0.29, 0.717) is 29.2 Å². The van der Waals surface area contributed by atoms with Crippen molar-refractivity contribution >= 4 is 44.1 Å². The van der Waals surface area contributed by atoms with Gasteiger partial charge in [0.05, 0.1) is 12.5 Å². The van der Waals surface area contributed by atoms with E-state index in [1.165, 1.54) is 6.07 Å². The molecule has 9 N–H and O–H groups in total. The van der Waals surface area contributed by atoms with Gasteiger partial charge in [-0.3, -0.25) is 19.9 Å². The number of benzene rings is 2. The summed E-state index contributed by atoms with van der Waals surface area (Å²) in [5.41, 5.74) is 13.5. The van der Waals surface area contributed by atoms with Crippen molar-refractivity contribution in [1.82, 2.24) is 0 Å². The Morgan fingerprint density at radius 2 is 1.19 bits per heavy atom. The predicted octanol–water partition coefficient (Wildman–Crippen LogP) is 1.14. The van der Waals surface area contributed by atoms with Crippen molar-refractivity contribution in [1.29, 1.82) is 10.8 Å². The normalized spacial score (nSPS) is 11.0. The minimum atomic E-state index is -3.67. The van der Waals surface area contributed by atoms with Crippen molar-refractivity contribution in [3.8, 4) is 5.75 Å². The topological polar surface area (TPSA) is 229 Å². The molecule has 0 fully saturated rings. The Bertz CT molecular complexity index is 1110. The SMILES string of the molecule is CS(=O)(=O)O.CS(=O)(=O)O.N=C(N)c1ccc(/C=C\c2ccc(C(=N)N)cc2O)cc1. The van der Waals surface area contributed by atoms with Crippen molar-refractivity contribution in [2.45, 2.75) is 0 Å². The molecule has 0 atom stereocenters. The molecule has 0 saturated heterocycles. The summed E-state index contributed by atoms with van der Waals surface area (Å²) in [6.07, 6.45) is 5.04. The second kappa shape index (κ2) is 11.8. The van der Waals surface area contributed by atoms with Crippen LogP contribution in [-0.2, 0) is 20.2 Å². The molecule has 13 heteroatoms. The summed E-state index contributed by atoms with van der Waals surface area (Å²) in [7, 11) is -7.33. The van der Waals surface area contributed by atoms with Crippen LogP contribution in [0.4, 0.5) is 0 Å². The Balaban J connectivity index is 0.000000752. The molecule has 0 saturated carbocycles. The number of nitrogens with one attached hydrogen (secondary N) is 2. The fourth-order valence-electron chi connectivity index (χ4n) is 1.81. The van der Waals surface area contributed by atoms with E-state index in [9.17, 15) is 21.9 Å². The first-order chi connectivity index (χ1) is 14.0. The highest BCUT2D eigenvalue weighted by molar-refractivity contribution is 7.85. The van der Waals surface area contributed by atoms with Crippen molar-refractivity contribution in [2.75, 3.05) is 12.5 Å². The maximum Gasteiger partial charge on any atom is 0.261 e. The van der Waals surface area contributed by atoms with Gasteiger partial charge in [0.25, 0.3) is 20.2 Å². The fourth-order valence-corrected chi connectivity index (χ4v) is 1.81.